The Balaban J connectivity index is 0.935. The molecular formula is C51H66N4O3. The van der Waals surface area contributed by atoms with Crippen LogP contribution in [0.3, 0.4) is 0 Å². The van der Waals surface area contributed by atoms with Gasteiger partial charge >= 0.3 is 12.0 Å². The third kappa shape index (κ3) is 5.45. The van der Waals surface area contributed by atoms with Crippen molar-refractivity contribution in [2.24, 2.45) is 56.7 Å². The Morgan fingerprint density at radius 3 is 2.26 bits per heavy atom. The molecule has 0 radical (unpaired) electrons. The van der Waals surface area contributed by atoms with Crippen molar-refractivity contribution >= 4 is 17.6 Å². The number of nitrogens with one attached hydrogen (secondary N) is 2. The standard InChI is InChI=1S/C51H66N4O3/c1-46(2)35(32-14-16-34(17-15-32)44(56)57)20-23-48(4)40(46)22-24-50(6)41(48)19-18-37-42-36(47(3)26-27-47)21-25-51(42,29-28-49(37,50)5)54-45(58)55-30-10-13-39(55)43-52-31-38(53-43)33-11-8-7-9-12-33/h7-9,11-12,14-17,20,31,36-37,39-42H,10,13,18-19,21-30H2,1-6H3,(H,52,53)(H,54,58)(H,56,57)/t36-,37-,39+,40+,41-,42-,48+,49-,50-,51+/m1/s1. The highest BCUT2D eigenvalue weighted by molar-refractivity contribution is 5.88. The van der Waals surface area contributed by atoms with Gasteiger partial charge in [-0.2, -0.15) is 0 Å². The van der Waals surface area contributed by atoms with Gasteiger partial charge in [-0.1, -0.05) is 90.1 Å². The zero-order valence-corrected chi connectivity index (χ0v) is 35.9. The number of rotatable bonds is 6. The van der Waals surface area contributed by atoms with Crippen LogP contribution in [0, 0.1) is 56.7 Å². The Kier molecular flexibility index (Phi) is 8.64. The number of carbonyl (C=O) groups excluding carboxylic acids is 1. The molecule has 5 saturated carbocycles. The molecule has 7 nitrogen and oxygen atoms in total. The summed E-state index contributed by atoms with van der Waals surface area (Å²) in [4.78, 5) is 37.0. The first-order valence-electron chi connectivity index (χ1n) is 22.9. The van der Waals surface area contributed by atoms with Crippen molar-refractivity contribution in [3.8, 4) is 11.3 Å². The Morgan fingerprint density at radius 1 is 0.776 bits per heavy atom. The Hall–Kier alpha value is -3.87. The zero-order valence-electron chi connectivity index (χ0n) is 35.9. The van der Waals surface area contributed by atoms with Crippen molar-refractivity contribution in [3.05, 3.63) is 83.8 Å². The quantitative estimate of drug-likeness (QED) is 0.232. The number of imidazole rings is 1. The summed E-state index contributed by atoms with van der Waals surface area (Å²) in [7, 11) is 0. The van der Waals surface area contributed by atoms with Gasteiger partial charge in [-0.05, 0) is 169 Å². The van der Waals surface area contributed by atoms with E-state index >= 15 is 0 Å². The molecule has 0 unspecified atom stereocenters. The number of aromatic nitrogens is 2. The van der Waals surface area contributed by atoms with Gasteiger partial charge in [-0.15, -0.1) is 0 Å². The van der Waals surface area contributed by atoms with E-state index in [2.05, 4.69) is 87.1 Å². The number of fused-ring (bicyclic) bond motifs is 7. The summed E-state index contributed by atoms with van der Waals surface area (Å²) in [6.07, 6.45) is 19.8. The number of amides is 2. The molecule has 0 spiro atoms. The predicted octanol–water partition coefficient (Wildman–Crippen LogP) is 11.9. The molecule has 6 aliphatic carbocycles. The van der Waals surface area contributed by atoms with Crippen molar-refractivity contribution in [2.75, 3.05) is 6.54 Å². The van der Waals surface area contributed by atoms with E-state index in [-0.39, 0.29) is 39.3 Å². The highest BCUT2D eigenvalue weighted by atomic mass is 16.4. The number of hydrogen-bond donors (Lipinski definition) is 3. The maximum absolute atomic E-state index is 14.8. The van der Waals surface area contributed by atoms with Crippen LogP contribution in [0.1, 0.15) is 153 Å². The first kappa shape index (κ1) is 38.3. The number of nitrogens with zero attached hydrogens (tertiary/aromatic N) is 2. The fourth-order valence-corrected chi connectivity index (χ4v) is 15.9. The van der Waals surface area contributed by atoms with E-state index in [4.69, 9.17) is 4.98 Å². The van der Waals surface area contributed by atoms with E-state index in [9.17, 15) is 14.7 Å². The van der Waals surface area contributed by atoms with Gasteiger partial charge in [0.15, 0.2) is 0 Å². The first-order chi connectivity index (χ1) is 27.6. The summed E-state index contributed by atoms with van der Waals surface area (Å²) in [6.45, 7) is 16.4. The molecule has 3 aromatic rings. The minimum Gasteiger partial charge on any atom is -0.478 e. The summed E-state index contributed by atoms with van der Waals surface area (Å²) >= 11 is 0. The zero-order chi connectivity index (χ0) is 40.5. The van der Waals surface area contributed by atoms with Gasteiger partial charge in [0.25, 0.3) is 0 Å². The monoisotopic (exact) mass is 783 g/mol. The molecule has 2 aromatic carbocycles. The molecule has 10 atom stereocenters. The van der Waals surface area contributed by atoms with E-state index in [1.807, 2.05) is 24.4 Å². The van der Waals surface area contributed by atoms with Crippen molar-refractivity contribution < 1.29 is 14.7 Å². The smallest absolute Gasteiger partial charge is 0.335 e. The van der Waals surface area contributed by atoms with Crippen LogP contribution >= 0.6 is 0 Å². The molecule has 6 fully saturated rings. The normalized spacial score (nSPS) is 39.4. The number of carboxylic acid groups (broad SMARTS) is 1. The second-order valence-electron chi connectivity index (χ2n) is 21.9. The van der Waals surface area contributed by atoms with E-state index in [1.165, 1.54) is 62.5 Å². The molecule has 2 amide bonds. The minimum absolute atomic E-state index is 0.00781. The molecule has 58 heavy (non-hydrogen) atoms. The van der Waals surface area contributed by atoms with Gasteiger partial charge < -0.3 is 20.3 Å². The number of aromatic amines is 1. The predicted molar refractivity (Wildman–Crippen MR) is 230 cm³/mol. The number of allylic oxidation sites excluding steroid dienone is 2. The summed E-state index contributed by atoms with van der Waals surface area (Å²) in [5.41, 5.74) is 5.96. The van der Waals surface area contributed by atoms with Crippen molar-refractivity contribution in [1.82, 2.24) is 20.2 Å². The lowest BCUT2D eigenvalue weighted by Crippen LogP contribution is -2.69. The molecule has 7 heteroatoms. The highest BCUT2D eigenvalue weighted by Gasteiger charge is 2.72. The molecule has 308 valence electrons. The number of benzene rings is 2. The molecule has 10 rings (SSSR count). The SMILES string of the molecule is CC1([C@@H]2CC[C@]3(NC(=O)N4CCC[C@H]4c4ncc(-c5ccccc5)[nH]4)CC[C@]4(C)[C@H](CC[C@@H]5[C@@]6(C)CC=C(c7ccc(C(=O)O)cc7)C(C)(C)[C@@H]6CC[C@]54C)[C@@H]23)CC1. The fourth-order valence-electron chi connectivity index (χ4n) is 15.9. The van der Waals surface area contributed by atoms with E-state index in [1.54, 1.807) is 12.1 Å². The van der Waals surface area contributed by atoms with Crippen LogP contribution in [0.5, 0.6) is 0 Å². The van der Waals surface area contributed by atoms with Crippen LogP contribution in [-0.2, 0) is 0 Å². The Labute approximate surface area is 346 Å². The third-order valence-corrected chi connectivity index (χ3v) is 19.3. The number of carbonyl (C=O) groups is 2. The second-order valence-corrected chi connectivity index (χ2v) is 21.9. The van der Waals surface area contributed by atoms with Crippen molar-refractivity contribution in [3.63, 3.8) is 0 Å². The Bertz CT molecular complexity index is 2130. The van der Waals surface area contributed by atoms with Gasteiger partial charge in [0.05, 0.1) is 23.5 Å². The third-order valence-electron chi connectivity index (χ3n) is 19.3. The molecule has 7 aliphatic rings. The number of H-pyrrole nitrogens is 1. The number of aromatic carboxylic acids is 1. The van der Waals surface area contributed by atoms with Gasteiger partial charge in [0.1, 0.15) is 5.82 Å². The number of carboxylic acids is 1. The summed E-state index contributed by atoms with van der Waals surface area (Å²) in [6, 6.07) is 18.1. The van der Waals surface area contributed by atoms with Gasteiger partial charge in [0.2, 0.25) is 0 Å². The van der Waals surface area contributed by atoms with Crippen LogP contribution < -0.4 is 5.32 Å². The van der Waals surface area contributed by atoms with Gasteiger partial charge in [-0.25, -0.2) is 14.6 Å². The van der Waals surface area contributed by atoms with Crippen LogP contribution in [0.25, 0.3) is 16.8 Å². The van der Waals surface area contributed by atoms with Crippen molar-refractivity contribution in [2.45, 2.75) is 137 Å². The lowest BCUT2D eigenvalue weighted by Gasteiger charge is -2.72. The first-order valence-corrected chi connectivity index (χ1v) is 22.9. The summed E-state index contributed by atoms with van der Waals surface area (Å²) in [5, 5.41) is 13.5. The van der Waals surface area contributed by atoms with Crippen LogP contribution in [0.2, 0.25) is 0 Å². The average molecular weight is 783 g/mol. The maximum Gasteiger partial charge on any atom is 0.335 e. The maximum atomic E-state index is 14.8. The Morgan fingerprint density at radius 2 is 1.53 bits per heavy atom. The largest absolute Gasteiger partial charge is 0.478 e. The van der Waals surface area contributed by atoms with E-state index in [0.717, 1.165) is 55.7 Å². The number of likely N-dealkylation sites (tertiary alicyclic amines) is 1. The average Bonchev–Trinajstić information content (AvgIpc) is 3.58. The van der Waals surface area contributed by atoms with Crippen LogP contribution in [0.15, 0.2) is 66.9 Å². The number of urea groups is 1. The molecule has 0 bridgehead atoms. The highest BCUT2D eigenvalue weighted by Crippen LogP contribution is 2.78. The lowest BCUT2D eigenvalue weighted by atomic mass is 9.32. The summed E-state index contributed by atoms with van der Waals surface area (Å²) in [5.74, 6) is 3.04. The van der Waals surface area contributed by atoms with Gasteiger partial charge in [0, 0.05) is 12.1 Å². The molecule has 1 aliphatic heterocycles. The summed E-state index contributed by atoms with van der Waals surface area (Å²) < 4.78 is 0. The fraction of sp³-hybridized carbons (Fsp3) is 0.627. The molecule has 2 heterocycles. The second kappa shape index (κ2) is 13.1. The topological polar surface area (TPSA) is 98.3 Å². The van der Waals surface area contributed by atoms with Gasteiger partial charge in [-0.3, -0.25) is 0 Å². The van der Waals surface area contributed by atoms with E-state index < -0.39 is 5.97 Å². The lowest BCUT2D eigenvalue weighted by molar-refractivity contribution is -0.221. The number of hydrogen-bond acceptors (Lipinski definition) is 3. The molecular weight excluding hydrogens is 717 g/mol. The van der Waals surface area contributed by atoms with Crippen LogP contribution in [0.4, 0.5) is 4.79 Å². The molecule has 1 aromatic heterocycles. The minimum atomic E-state index is -0.868. The molecule has 1 saturated heterocycles. The molecule has 3 N–H and O–H groups in total. The van der Waals surface area contributed by atoms with E-state index in [0.29, 0.717) is 40.6 Å². The van der Waals surface area contributed by atoms with Crippen LogP contribution in [-0.4, -0.2) is 44.1 Å². The van der Waals surface area contributed by atoms with Crippen molar-refractivity contribution in [1.29, 1.82) is 0 Å².